The topological polar surface area (TPSA) is 22.8 Å². The van der Waals surface area contributed by atoms with Crippen molar-refractivity contribution in [2.45, 2.75) is 78.6 Å². The second-order valence-corrected chi connectivity index (χ2v) is 35.1. The average molecular weight is 1560 g/mol. The molecule has 4 heterocycles. The van der Waals surface area contributed by atoms with Gasteiger partial charge >= 0.3 is 0 Å². The van der Waals surface area contributed by atoms with E-state index in [1.807, 2.05) is 72.8 Å². The molecule has 19 aromatic rings. The van der Waals surface area contributed by atoms with Crippen molar-refractivity contribution in [1.29, 1.82) is 0 Å². The number of hydrogen-bond acceptors (Lipinski definition) is 4. The van der Waals surface area contributed by atoms with E-state index in [4.69, 9.17) is 0 Å². The van der Waals surface area contributed by atoms with Gasteiger partial charge in [-0.3, -0.25) is 0 Å². The van der Waals surface area contributed by atoms with Crippen LogP contribution in [0.15, 0.2) is 400 Å². The first-order valence-electron chi connectivity index (χ1n) is 45.0. The van der Waals surface area contributed by atoms with Gasteiger partial charge in [0.15, 0.2) is 0 Å². The third-order valence-corrected chi connectivity index (χ3v) is 24.5. The standard InChI is InChI=1S/C114H93BN6/c1-112(2,3)80-68-91(76-40-18-10-19-41-76)110(92(69-80)77-42-20-11-21-43-77)120-103-74-87(118-97-58-36-34-56-89(97)107-99(60-38-62-101(107)118)116(83-48-26-14-27-49-83)84-50-28-15-29-51-84)64-66-95(103)115-96-67-65-88(119-98-59-37-35-57-90(98)108-100(61-39-63-102(108)119)117(85-52-30-16-31-53-85)86-54-32-17-33-55-86)75-104(96)121(106-73-82(114(7,8)9)72-105(120)109(106)115)111-93(78-44-22-12-23-45-78)70-81(113(4,5)6)71-94(111)79-46-24-13-25-47-79/h10-75H,1-9H3/i64D,65D,66D,67D,74D,75D. The van der Waals surface area contributed by atoms with Crippen LogP contribution in [0.25, 0.3) is 99.5 Å². The maximum absolute atomic E-state index is 12.2. The van der Waals surface area contributed by atoms with Crippen molar-refractivity contribution < 1.29 is 8.22 Å². The molecule has 2 aliphatic rings. The summed E-state index contributed by atoms with van der Waals surface area (Å²) < 4.78 is 74.9. The SMILES string of the molecule is [2H]c1c([2H])c(-n2c3ccccc3c3c(N(c4ccccc4)c4ccccc4)cccc32)c([2H])c2c1B1c3c(cc(C(C)(C)C)cc3N(c3c(-c4ccccc4)cc(C(C)(C)C)cc3-c3ccccc3)c3c([2H])c(-n4c5ccccc5c5c(N(c6ccccc6)c6ccccc6)cccc54)c([2H])c([2H])c31)N2c1c(-c2ccccc2)cc(C(C)(C)C)cc1-c1ccccc1. The molecule has 0 unspecified atom stereocenters. The summed E-state index contributed by atoms with van der Waals surface area (Å²) in [6.07, 6.45) is 0. The van der Waals surface area contributed by atoms with Crippen LogP contribution >= 0.6 is 0 Å². The van der Waals surface area contributed by atoms with Gasteiger partial charge in [-0.15, -0.1) is 0 Å². The number of nitrogens with zero attached hydrogens (tertiary/aromatic N) is 6. The zero-order valence-corrected chi connectivity index (χ0v) is 69.4. The molecule has 0 amide bonds. The minimum Gasteiger partial charge on any atom is -0.310 e. The van der Waals surface area contributed by atoms with E-state index >= 15 is 0 Å². The van der Waals surface area contributed by atoms with E-state index in [1.54, 1.807) is 0 Å². The maximum atomic E-state index is 12.2. The Morgan fingerprint density at radius 2 is 0.545 bits per heavy atom. The van der Waals surface area contributed by atoms with Gasteiger partial charge < -0.3 is 28.7 Å². The molecule has 121 heavy (non-hydrogen) atoms. The molecule has 0 saturated heterocycles. The Kier molecular flexibility index (Phi) is 16.4. The summed E-state index contributed by atoms with van der Waals surface area (Å²) in [4.78, 5) is 9.13. The van der Waals surface area contributed by atoms with Crippen LogP contribution in [0.2, 0.25) is 0 Å². The first kappa shape index (κ1) is 67.6. The van der Waals surface area contributed by atoms with Crippen molar-refractivity contribution in [2.75, 3.05) is 19.6 Å². The highest BCUT2D eigenvalue weighted by Gasteiger charge is 2.47. The molecular formula is C114H93BN6. The third kappa shape index (κ3) is 12.6. The Labute approximate surface area is 718 Å². The van der Waals surface area contributed by atoms with E-state index in [0.29, 0.717) is 39.1 Å². The summed E-state index contributed by atoms with van der Waals surface area (Å²) in [5.74, 6) is 0. The van der Waals surface area contributed by atoms with Crippen LogP contribution < -0.4 is 36.0 Å². The van der Waals surface area contributed by atoms with Gasteiger partial charge in [-0.1, -0.05) is 317 Å². The fourth-order valence-electron chi connectivity index (χ4n) is 18.6. The molecule has 2 aromatic heterocycles. The highest BCUT2D eigenvalue weighted by molar-refractivity contribution is 7.00. The maximum Gasteiger partial charge on any atom is 0.252 e. The quantitative estimate of drug-likeness (QED) is 0.101. The van der Waals surface area contributed by atoms with Crippen LogP contribution in [0.5, 0.6) is 0 Å². The van der Waals surface area contributed by atoms with Crippen molar-refractivity contribution >= 4 is 135 Å². The highest BCUT2D eigenvalue weighted by Crippen LogP contribution is 2.57. The number of benzene rings is 17. The van der Waals surface area contributed by atoms with Crippen LogP contribution in [0.1, 0.15) is 87.2 Å². The Hall–Kier alpha value is -14.4. The van der Waals surface area contributed by atoms with Crippen molar-refractivity contribution in [3.63, 3.8) is 0 Å². The fraction of sp³-hybridized carbons (Fsp3) is 0.105. The molecule has 0 saturated carbocycles. The normalized spacial score (nSPS) is 13.3. The highest BCUT2D eigenvalue weighted by atomic mass is 15.2. The first-order chi connectivity index (χ1) is 61.5. The second-order valence-electron chi connectivity index (χ2n) is 35.1. The van der Waals surface area contributed by atoms with Gasteiger partial charge in [0.2, 0.25) is 0 Å². The molecule has 0 radical (unpaired) electrons. The number of rotatable bonds is 14. The Morgan fingerprint density at radius 3 is 0.851 bits per heavy atom. The molecule has 0 spiro atoms. The van der Waals surface area contributed by atoms with Gasteiger partial charge in [0, 0.05) is 101 Å². The zero-order valence-electron chi connectivity index (χ0n) is 75.4. The van der Waals surface area contributed by atoms with Gasteiger partial charge in [-0.2, -0.15) is 0 Å². The number of hydrogen-bond donors (Lipinski definition) is 0. The zero-order chi connectivity index (χ0) is 87.2. The fourth-order valence-corrected chi connectivity index (χ4v) is 18.6. The molecule has 2 aliphatic heterocycles. The van der Waals surface area contributed by atoms with Crippen LogP contribution in [0.4, 0.5) is 68.2 Å². The predicted molar refractivity (Wildman–Crippen MR) is 516 cm³/mol. The molecule has 0 bridgehead atoms. The van der Waals surface area contributed by atoms with Gasteiger partial charge in [-0.25, -0.2) is 0 Å². The largest absolute Gasteiger partial charge is 0.310 e. The number of aromatic nitrogens is 2. The van der Waals surface area contributed by atoms with E-state index in [-0.39, 0.29) is 47.6 Å². The minimum absolute atomic E-state index is 0.0285. The molecule has 17 aromatic carbocycles. The van der Waals surface area contributed by atoms with Crippen LogP contribution in [0.3, 0.4) is 0 Å². The Balaban J connectivity index is 0.966. The summed E-state index contributed by atoms with van der Waals surface area (Å²) in [5, 5.41) is 3.54. The second kappa shape index (κ2) is 29.3. The average Bonchev–Trinajstić information content (AvgIpc) is 1.48. The van der Waals surface area contributed by atoms with Crippen LogP contribution in [-0.4, -0.2) is 15.8 Å². The summed E-state index contributed by atoms with van der Waals surface area (Å²) in [7, 11) is 0. The summed E-state index contributed by atoms with van der Waals surface area (Å²) in [5.41, 5.74) is 22.5. The van der Waals surface area contributed by atoms with Crippen LogP contribution in [-0.2, 0) is 16.2 Å². The van der Waals surface area contributed by atoms with Crippen molar-refractivity contribution in [1.82, 2.24) is 9.13 Å². The van der Waals surface area contributed by atoms with E-state index in [9.17, 15) is 8.22 Å². The molecule has 0 N–H and O–H groups in total. The van der Waals surface area contributed by atoms with Gasteiger partial charge in [-0.05, 0) is 217 Å². The Morgan fingerprint density at radius 1 is 0.273 bits per heavy atom. The molecule has 0 fully saturated rings. The van der Waals surface area contributed by atoms with Crippen molar-refractivity contribution in [3.8, 4) is 55.9 Å². The van der Waals surface area contributed by atoms with Gasteiger partial charge in [0.05, 0.1) is 53.0 Å². The number of fused-ring (bicyclic) bond motifs is 10. The van der Waals surface area contributed by atoms with Crippen LogP contribution in [0, 0.1) is 0 Å². The lowest BCUT2D eigenvalue weighted by Crippen LogP contribution is -2.61. The Bertz CT molecular complexity index is 6940. The first-order valence-corrected chi connectivity index (χ1v) is 42.0. The lowest BCUT2D eigenvalue weighted by Gasteiger charge is -2.47. The molecule has 21 rings (SSSR count). The van der Waals surface area contributed by atoms with E-state index < -0.39 is 23.0 Å². The molecule has 7 heteroatoms. The van der Waals surface area contributed by atoms with Crippen molar-refractivity contribution in [2.24, 2.45) is 0 Å². The van der Waals surface area contributed by atoms with E-state index in [2.05, 4.69) is 382 Å². The summed E-state index contributed by atoms with van der Waals surface area (Å²) in [6, 6.07) is 126. The smallest absolute Gasteiger partial charge is 0.252 e. The number of anilines is 12. The van der Waals surface area contributed by atoms with Crippen molar-refractivity contribution in [3.05, 3.63) is 417 Å². The summed E-state index contributed by atoms with van der Waals surface area (Å²) >= 11 is 0. The van der Waals surface area contributed by atoms with Gasteiger partial charge in [0.1, 0.15) is 0 Å². The van der Waals surface area contributed by atoms with E-state index in [0.717, 1.165) is 150 Å². The molecule has 0 atom stereocenters. The molecular weight excluding hydrogens is 1460 g/mol. The lowest BCUT2D eigenvalue weighted by atomic mass is 9.33. The number of para-hydroxylation sites is 6. The third-order valence-electron chi connectivity index (χ3n) is 24.5. The predicted octanol–water partition coefficient (Wildman–Crippen LogP) is 29.5. The summed E-state index contributed by atoms with van der Waals surface area (Å²) in [6.45, 7) is 19.1. The lowest BCUT2D eigenvalue weighted by molar-refractivity contribution is 0.590. The molecule has 6 nitrogen and oxygen atoms in total. The monoisotopic (exact) mass is 1560 g/mol. The minimum atomic E-state index is -1.20. The van der Waals surface area contributed by atoms with Gasteiger partial charge in [0.25, 0.3) is 6.71 Å². The molecule has 0 aliphatic carbocycles. The van der Waals surface area contributed by atoms with E-state index in [1.165, 1.54) is 0 Å². The molecule has 582 valence electrons.